The zero-order valence-corrected chi connectivity index (χ0v) is 21.1. The molecule has 0 amide bonds. The number of aromatic nitrogens is 5. The molecular weight excluding hydrogens is 440 g/mol. The third-order valence-corrected chi connectivity index (χ3v) is 6.48. The lowest BCUT2D eigenvalue weighted by Gasteiger charge is -2.17. The Labute approximate surface area is 206 Å². The summed E-state index contributed by atoms with van der Waals surface area (Å²) in [5.41, 5.74) is 6.16. The van der Waals surface area contributed by atoms with Crippen molar-refractivity contribution in [2.75, 3.05) is 30.8 Å². The summed E-state index contributed by atoms with van der Waals surface area (Å²) < 4.78 is 1.82. The molecule has 3 aromatic heterocycles. The van der Waals surface area contributed by atoms with Gasteiger partial charge in [-0.3, -0.25) is 9.58 Å². The van der Waals surface area contributed by atoms with Crippen LogP contribution in [0.25, 0.3) is 22.2 Å². The number of H-pyrrole nitrogens is 1. The number of aldehydes is 1. The minimum absolute atomic E-state index is 0.146. The first-order chi connectivity index (χ1) is 16.9. The maximum absolute atomic E-state index is 10.3. The van der Waals surface area contributed by atoms with Crippen LogP contribution in [0.15, 0.2) is 36.7 Å². The van der Waals surface area contributed by atoms with E-state index in [2.05, 4.69) is 36.7 Å². The van der Waals surface area contributed by atoms with Gasteiger partial charge in [-0.2, -0.15) is 5.10 Å². The SMILES string of the molecule is CC(C=O)N1CCCC1.CNc1cccc2c(-c3nc(Nc4cc(C)n(C)n4)ncc3C)c[nH]c12. The van der Waals surface area contributed by atoms with Gasteiger partial charge in [-0.15, -0.1) is 0 Å². The number of carbonyl (C=O) groups is 1. The highest BCUT2D eigenvalue weighted by atomic mass is 16.1. The smallest absolute Gasteiger partial charge is 0.228 e. The molecule has 0 aliphatic carbocycles. The van der Waals surface area contributed by atoms with Crippen LogP contribution in [0.2, 0.25) is 0 Å². The van der Waals surface area contributed by atoms with Crippen molar-refractivity contribution in [1.29, 1.82) is 0 Å². The second-order valence-electron chi connectivity index (χ2n) is 8.95. The van der Waals surface area contributed by atoms with Crippen molar-refractivity contribution in [3.63, 3.8) is 0 Å². The number of anilines is 3. The molecule has 1 aliphatic rings. The summed E-state index contributed by atoms with van der Waals surface area (Å²) in [6.07, 6.45) is 7.37. The molecule has 1 atom stereocenters. The van der Waals surface area contributed by atoms with Gasteiger partial charge in [0.15, 0.2) is 5.82 Å². The van der Waals surface area contributed by atoms with Crippen LogP contribution in [0.1, 0.15) is 31.0 Å². The first kappa shape index (κ1) is 24.4. The van der Waals surface area contributed by atoms with E-state index in [4.69, 9.17) is 4.98 Å². The Kier molecular flexibility index (Phi) is 7.45. The lowest BCUT2D eigenvalue weighted by atomic mass is 10.1. The molecule has 0 spiro atoms. The van der Waals surface area contributed by atoms with Crippen molar-refractivity contribution in [2.45, 2.75) is 39.7 Å². The molecule has 9 heteroatoms. The third-order valence-electron chi connectivity index (χ3n) is 6.48. The highest BCUT2D eigenvalue weighted by Gasteiger charge is 2.16. The van der Waals surface area contributed by atoms with E-state index in [0.29, 0.717) is 5.95 Å². The van der Waals surface area contributed by atoms with Crippen LogP contribution in [0, 0.1) is 13.8 Å². The van der Waals surface area contributed by atoms with Gasteiger partial charge in [-0.25, -0.2) is 9.97 Å². The second-order valence-corrected chi connectivity index (χ2v) is 8.95. The number of aromatic amines is 1. The van der Waals surface area contributed by atoms with E-state index in [1.165, 1.54) is 12.8 Å². The molecular formula is C26H34N8O. The lowest BCUT2D eigenvalue weighted by molar-refractivity contribution is -0.111. The quantitative estimate of drug-likeness (QED) is 0.355. The summed E-state index contributed by atoms with van der Waals surface area (Å²) in [5, 5.41) is 11.9. The van der Waals surface area contributed by atoms with Gasteiger partial charge in [-0.1, -0.05) is 12.1 Å². The largest absolute Gasteiger partial charge is 0.386 e. The number of hydrogen-bond acceptors (Lipinski definition) is 7. The van der Waals surface area contributed by atoms with Crippen LogP contribution >= 0.6 is 0 Å². The highest BCUT2D eigenvalue weighted by Crippen LogP contribution is 2.33. The Bertz CT molecular complexity index is 1280. The number of likely N-dealkylation sites (tertiary alicyclic amines) is 1. The number of nitrogens with one attached hydrogen (secondary N) is 3. The number of rotatable bonds is 6. The summed E-state index contributed by atoms with van der Waals surface area (Å²) in [4.78, 5) is 25.0. The molecule has 184 valence electrons. The first-order valence-corrected chi connectivity index (χ1v) is 12.0. The Morgan fingerprint density at radius 2 is 1.97 bits per heavy atom. The van der Waals surface area contributed by atoms with E-state index >= 15 is 0 Å². The van der Waals surface area contributed by atoms with Gasteiger partial charge >= 0.3 is 0 Å². The first-order valence-electron chi connectivity index (χ1n) is 12.0. The summed E-state index contributed by atoms with van der Waals surface area (Å²) in [6.45, 7) is 8.20. The standard InChI is InChI=1S/C19H21N7.C7H13NO/c1-11-9-22-19(23-16-8-12(2)26(4)25-16)24-17(11)14-10-21-18-13(14)6-5-7-15(18)20-3;1-7(6-9)8-4-2-3-5-8/h5-10,20-21H,1-4H3,(H,22,23,24,25);6-7H,2-5H2,1H3. The molecule has 0 radical (unpaired) electrons. The van der Waals surface area contributed by atoms with Crippen molar-refractivity contribution in [3.05, 3.63) is 47.9 Å². The Hall–Kier alpha value is -3.72. The van der Waals surface area contributed by atoms with E-state index in [1.54, 1.807) is 0 Å². The predicted octanol–water partition coefficient (Wildman–Crippen LogP) is 4.43. The molecule has 1 saturated heterocycles. The second kappa shape index (κ2) is 10.7. The van der Waals surface area contributed by atoms with Gasteiger partial charge in [0.2, 0.25) is 5.95 Å². The number of para-hydroxylation sites is 1. The van der Waals surface area contributed by atoms with Crippen molar-refractivity contribution in [3.8, 4) is 11.3 Å². The summed E-state index contributed by atoms with van der Waals surface area (Å²) >= 11 is 0. The van der Waals surface area contributed by atoms with E-state index in [1.807, 2.05) is 70.1 Å². The number of hydrogen-bond donors (Lipinski definition) is 3. The molecule has 5 rings (SSSR count). The fourth-order valence-corrected chi connectivity index (χ4v) is 4.30. The fourth-order valence-electron chi connectivity index (χ4n) is 4.30. The van der Waals surface area contributed by atoms with Crippen LogP contribution in [0.5, 0.6) is 0 Å². The lowest BCUT2D eigenvalue weighted by Crippen LogP contribution is -2.30. The zero-order chi connectivity index (χ0) is 24.9. The molecule has 4 heterocycles. The molecule has 1 aliphatic heterocycles. The van der Waals surface area contributed by atoms with E-state index in [-0.39, 0.29) is 6.04 Å². The number of carbonyl (C=O) groups excluding carboxylic acids is 1. The zero-order valence-electron chi connectivity index (χ0n) is 21.1. The number of benzene rings is 1. The Balaban J connectivity index is 0.000000271. The van der Waals surface area contributed by atoms with Crippen molar-refractivity contribution >= 4 is 34.6 Å². The van der Waals surface area contributed by atoms with E-state index in [0.717, 1.165) is 64.3 Å². The van der Waals surface area contributed by atoms with Crippen LogP contribution in [-0.2, 0) is 11.8 Å². The normalized spacial score (nSPS) is 14.4. The fraction of sp³-hybridized carbons (Fsp3) is 0.385. The van der Waals surface area contributed by atoms with Crippen molar-refractivity contribution in [1.82, 2.24) is 29.6 Å². The highest BCUT2D eigenvalue weighted by molar-refractivity contribution is 6.01. The van der Waals surface area contributed by atoms with Crippen molar-refractivity contribution < 1.29 is 4.79 Å². The number of fused-ring (bicyclic) bond motifs is 1. The summed E-state index contributed by atoms with van der Waals surface area (Å²) in [7, 11) is 3.83. The molecule has 4 aromatic rings. The average Bonchev–Trinajstić information content (AvgIpc) is 3.61. The van der Waals surface area contributed by atoms with Gasteiger partial charge < -0.3 is 20.4 Å². The minimum atomic E-state index is 0.146. The summed E-state index contributed by atoms with van der Waals surface area (Å²) in [6, 6.07) is 8.29. The molecule has 1 fully saturated rings. The molecule has 0 saturated carbocycles. The molecule has 1 unspecified atom stereocenters. The molecule has 0 bridgehead atoms. The number of nitrogens with zero attached hydrogens (tertiary/aromatic N) is 5. The van der Waals surface area contributed by atoms with Gasteiger partial charge in [0, 0.05) is 49.2 Å². The average molecular weight is 475 g/mol. The van der Waals surface area contributed by atoms with Gasteiger partial charge in [0.05, 0.1) is 22.9 Å². The molecule has 1 aromatic carbocycles. The molecule has 9 nitrogen and oxygen atoms in total. The maximum Gasteiger partial charge on any atom is 0.228 e. The third kappa shape index (κ3) is 5.35. The van der Waals surface area contributed by atoms with Crippen LogP contribution < -0.4 is 10.6 Å². The predicted molar refractivity (Wildman–Crippen MR) is 141 cm³/mol. The maximum atomic E-state index is 10.3. The van der Waals surface area contributed by atoms with Gasteiger partial charge in [-0.05, 0) is 58.3 Å². The monoisotopic (exact) mass is 474 g/mol. The van der Waals surface area contributed by atoms with Crippen molar-refractivity contribution in [2.24, 2.45) is 7.05 Å². The Morgan fingerprint density at radius 3 is 2.63 bits per heavy atom. The van der Waals surface area contributed by atoms with E-state index in [9.17, 15) is 4.79 Å². The molecule has 3 N–H and O–H groups in total. The van der Waals surface area contributed by atoms with Crippen LogP contribution in [-0.4, -0.2) is 62.1 Å². The Morgan fingerprint density at radius 1 is 1.20 bits per heavy atom. The van der Waals surface area contributed by atoms with E-state index < -0.39 is 0 Å². The van der Waals surface area contributed by atoms with Crippen LogP contribution in [0.3, 0.4) is 0 Å². The van der Waals surface area contributed by atoms with Gasteiger partial charge in [0.25, 0.3) is 0 Å². The molecule has 35 heavy (non-hydrogen) atoms. The van der Waals surface area contributed by atoms with Gasteiger partial charge in [0.1, 0.15) is 6.29 Å². The number of aryl methyl sites for hydroxylation is 3. The minimum Gasteiger partial charge on any atom is -0.386 e. The topological polar surface area (TPSA) is 104 Å². The summed E-state index contributed by atoms with van der Waals surface area (Å²) in [5.74, 6) is 1.26. The van der Waals surface area contributed by atoms with Crippen LogP contribution in [0.4, 0.5) is 17.5 Å².